The zero-order valence-corrected chi connectivity index (χ0v) is 17.5. The minimum absolute atomic E-state index is 0. The largest absolute Gasteiger partial charge is 0.308 e. The van der Waals surface area contributed by atoms with Crippen LogP contribution in [-0.2, 0) is 0 Å². The van der Waals surface area contributed by atoms with Crippen LogP contribution in [0.4, 0.5) is 9.52 Å². The van der Waals surface area contributed by atoms with Gasteiger partial charge in [-0.15, -0.1) is 12.4 Å². The lowest BCUT2D eigenvalue weighted by Gasteiger charge is -2.22. The molecule has 1 amide bonds. The van der Waals surface area contributed by atoms with E-state index in [0.717, 1.165) is 21.3 Å². The third kappa shape index (κ3) is 4.64. The molecule has 2 aromatic carbocycles. The molecule has 0 bridgehead atoms. The van der Waals surface area contributed by atoms with E-state index in [-0.39, 0.29) is 23.9 Å². The molecule has 0 atom stereocenters. The lowest BCUT2D eigenvalue weighted by Crippen LogP contribution is -2.37. The number of hydrogen-bond donors (Lipinski definition) is 0. The van der Waals surface area contributed by atoms with E-state index in [0.29, 0.717) is 18.2 Å². The molecular weight excluding hydrogens is 385 g/mol. The monoisotopic (exact) mass is 407 g/mol. The van der Waals surface area contributed by atoms with Gasteiger partial charge >= 0.3 is 0 Å². The molecular formula is C20H23ClFN3OS. The van der Waals surface area contributed by atoms with E-state index in [1.165, 1.54) is 23.5 Å². The van der Waals surface area contributed by atoms with Crippen LogP contribution in [0, 0.1) is 19.7 Å². The van der Waals surface area contributed by atoms with Crippen molar-refractivity contribution in [1.82, 2.24) is 9.88 Å². The molecule has 1 aromatic heterocycles. The highest BCUT2D eigenvalue weighted by atomic mass is 35.5. The summed E-state index contributed by atoms with van der Waals surface area (Å²) in [5, 5.41) is 0.601. The third-order valence-electron chi connectivity index (χ3n) is 4.16. The Morgan fingerprint density at radius 2 is 1.85 bits per heavy atom. The van der Waals surface area contributed by atoms with Gasteiger partial charge in [0.05, 0.1) is 15.8 Å². The molecule has 0 radical (unpaired) electrons. The molecule has 0 unspecified atom stereocenters. The van der Waals surface area contributed by atoms with Crippen LogP contribution in [0.1, 0.15) is 21.5 Å². The average Bonchev–Trinajstić information content (AvgIpc) is 2.99. The van der Waals surface area contributed by atoms with Crippen molar-refractivity contribution >= 4 is 45.0 Å². The van der Waals surface area contributed by atoms with Gasteiger partial charge in [0.2, 0.25) is 0 Å². The number of hydrogen-bond acceptors (Lipinski definition) is 4. The highest BCUT2D eigenvalue weighted by Crippen LogP contribution is 2.33. The van der Waals surface area contributed by atoms with Gasteiger partial charge in [-0.05, 0) is 57.3 Å². The van der Waals surface area contributed by atoms with Crippen molar-refractivity contribution in [2.45, 2.75) is 13.8 Å². The van der Waals surface area contributed by atoms with Crippen LogP contribution in [-0.4, -0.2) is 43.0 Å². The number of fused-ring (bicyclic) bond motifs is 1. The molecule has 4 nitrogen and oxygen atoms in total. The highest BCUT2D eigenvalue weighted by Gasteiger charge is 2.24. The molecule has 0 spiro atoms. The van der Waals surface area contributed by atoms with Gasteiger partial charge in [0.25, 0.3) is 5.91 Å². The molecule has 144 valence electrons. The topological polar surface area (TPSA) is 36.4 Å². The Balaban J connectivity index is 0.00000261. The number of nitrogens with zero attached hydrogens (tertiary/aromatic N) is 3. The van der Waals surface area contributed by atoms with Gasteiger partial charge in [-0.3, -0.25) is 9.69 Å². The Bertz CT molecular complexity index is 958. The van der Waals surface area contributed by atoms with Crippen LogP contribution in [0.2, 0.25) is 0 Å². The van der Waals surface area contributed by atoms with Gasteiger partial charge in [0.15, 0.2) is 5.13 Å². The standard InChI is InChI=1S/C20H22FN3OS.ClH/c1-13-11-14(2)18-17(12-13)22-20(26-18)24(10-9-23(3)4)19(25)15-7-5-6-8-16(15)21;/h5-8,11-12H,9-10H2,1-4H3;1H. The summed E-state index contributed by atoms with van der Waals surface area (Å²) in [6, 6.07) is 10.2. The molecule has 3 rings (SSSR count). The Hall–Kier alpha value is -2.02. The van der Waals surface area contributed by atoms with E-state index in [1.54, 1.807) is 17.0 Å². The minimum Gasteiger partial charge on any atom is -0.308 e. The number of amides is 1. The van der Waals surface area contributed by atoms with Crippen molar-refractivity contribution in [1.29, 1.82) is 0 Å². The number of carbonyl (C=O) groups excluding carboxylic acids is 1. The summed E-state index contributed by atoms with van der Waals surface area (Å²) in [4.78, 5) is 21.3. The Kier molecular flexibility index (Phi) is 6.92. The molecule has 0 saturated carbocycles. The number of thiazole rings is 1. The molecule has 0 aliphatic carbocycles. The lowest BCUT2D eigenvalue weighted by molar-refractivity contribution is 0.0981. The van der Waals surface area contributed by atoms with Crippen LogP contribution < -0.4 is 4.90 Å². The molecule has 7 heteroatoms. The van der Waals surface area contributed by atoms with E-state index in [4.69, 9.17) is 0 Å². The summed E-state index contributed by atoms with van der Waals surface area (Å²) in [5.41, 5.74) is 3.21. The van der Waals surface area contributed by atoms with Gasteiger partial charge in [-0.1, -0.05) is 29.5 Å². The number of carbonyl (C=O) groups is 1. The number of benzene rings is 2. The maximum Gasteiger partial charge on any atom is 0.263 e. The van der Waals surface area contributed by atoms with E-state index >= 15 is 0 Å². The van der Waals surface area contributed by atoms with Crippen molar-refractivity contribution in [3.63, 3.8) is 0 Å². The number of likely N-dealkylation sites (N-methyl/N-ethyl adjacent to an activating group) is 1. The second-order valence-electron chi connectivity index (χ2n) is 6.67. The van der Waals surface area contributed by atoms with E-state index in [2.05, 4.69) is 11.1 Å². The van der Waals surface area contributed by atoms with Crippen LogP contribution in [0.5, 0.6) is 0 Å². The summed E-state index contributed by atoms with van der Waals surface area (Å²) >= 11 is 1.47. The average molecular weight is 408 g/mol. The number of aryl methyl sites for hydroxylation is 2. The first-order valence-electron chi connectivity index (χ1n) is 8.45. The maximum absolute atomic E-state index is 14.2. The van der Waals surface area contributed by atoms with Crippen molar-refractivity contribution in [2.24, 2.45) is 0 Å². The van der Waals surface area contributed by atoms with Crippen molar-refractivity contribution in [2.75, 3.05) is 32.1 Å². The van der Waals surface area contributed by atoms with E-state index in [1.807, 2.05) is 38.9 Å². The molecule has 0 saturated heterocycles. The second kappa shape index (κ2) is 8.78. The molecule has 27 heavy (non-hydrogen) atoms. The SMILES string of the molecule is Cc1cc(C)c2sc(N(CCN(C)C)C(=O)c3ccccc3F)nc2c1.Cl. The third-order valence-corrected chi connectivity index (χ3v) is 5.39. The van der Waals surface area contributed by atoms with Crippen LogP contribution in [0.3, 0.4) is 0 Å². The normalized spacial score (nSPS) is 10.9. The van der Waals surface area contributed by atoms with Gasteiger partial charge in [-0.25, -0.2) is 9.37 Å². The summed E-state index contributed by atoms with van der Waals surface area (Å²) in [5.74, 6) is -0.876. The first-order chi connectivity index (χ1) is 12.4. The van der Waals surface area contributed by atoms with E-state index in [9.17, 15) is 9.18 Å². The summed E-state index contributed by atoms with van der Waals surface area (Å²) < 4.78 is 15.2. The van der Waals surface area contributed by atoms with Crippen molar-refractivity contribution in [3.05, 3.63) is 58.9 Å². The molecule has 0 aliphatic heterocycles. The fourth-order valence-corrected chi connectivity index (χ4v) is 3.88. The van der Waals surface area contributed by atoms with Gasteiger partial charge in [-0.2, -0.15) is 0 Å². The van der Waals surface area contributed by atoms with Gasteiger partial charge in [0, 0.05) is 13.1 Å². The zero-order chi connectivity index (χ0) is 18.8. The fourth-order valence-electron chi connectivity index (χ4n) is 2.84. The second-order valence-corrected chi connectivity index (χ2v) is 7.64. The lowest BCUT2D eigenvalue weighted by atomic mass is 10.1. The fraction of sp³-hybridized carbons (Fsp3) is 0.300. The molecule has 3 aromatic rings. The van der Waals surface area contributed by atoms with Crippen LogP contribution in [0.15, 0.2) is 36.4 Å². The zero-order valence-electron chi connectivity index (χ0n) is 15.8. The first-order valence-corrected chi connectivity index (χ1v) is 9.27. The minimum atomic E-state index is -0.513. The number of rotatable bonds is 5. The molecule has 0 aliphatic rings. The molecule has 1 heterocycles. The summed E-state index contributed by atoms with van der Waals surface area (Å²) in [6.45, 7) is 5.17. The predicted molar refractivity (Wildman–Crippen MR) is 113 cm³/mol. The summed E-state index contributed by atoms with van der Waals surface area (Å²) in [6.07, 6.45) is 0. The van der Waals surface area contributed by atoms with Crippen LogP contribution >= 0.6 is 23.7 Å². The van der Waals surface area contributed by atoms with Crippen molar-refractivity contribution < 1.29 is 9.18 Å². The number of anilines is 1. The molecule has 0 N–H and O–H groups in total. The number of aromatic nitrogens is 1. The smallest absolute Gasteiger partial charge is 0.263 e. The Morgan fingerprint density at radius 3 is 2.52 bits per heavy atom. The van der Waals surface area contributed by atoms with Gasteiger partial charge < -0.3 is 4.90 Å². The van der Waals surface area contributed by atoms with Crippen LogP contribution in [0.25, 0.3) is 10.2 Å². The first kappa shape index (κ1) is 21.3. The van der Waals surface area contributed by atoms with Crippen molar-refractivity contribution in [3.8, 4) is 0 Å². The Labute approximate surface area is 169 Å². The summed E-state index contributed by atoms with van der Waals surface area (Å²) in [7, 11) is 3.88. The quantitative estimate of drug-likeness (QED) is 0.616. The Morgan fingerprint density at radius 1 is 1.15 bits per heavy atom. The molecule has 0 fully saturated rings. The maximum atomic E-state index is 14.2. The predicted octanol–water partition coefficient (Wildman–Crippen LogP) is 4.68. The highest BCUT2D eigenvalue weighted by molar-refractivity contribution is 7.22. The van der Waals surface area contributed by atoms with E-state index < -0.39 is 5.82 Å². The van der Waals surface area contributed by atoms with Gasteiger partial charge in [0.1, 0.15) is 5.82 Å². The number of halogens is 2.